The molecule has 122 valence electrons. The van der Waals surface area contributed by atoms with Crippen molar-refractivity contribution in [2.45, 2.75) is 32.3 Å². The van der Waals surface area contributed by atoms with E-state index in [-0.39, 0.29) is 5.41 Å². The lowest BCUT2D eigenvalue weighted by molar-refractivity contribution is -0.0770. The van der Waals surface area contributed by atoms with E-state index in [4.69, 9.17) is 0 Å². The van der Waals surface area contributed by atoms with Gasteiger partial charge in [0.15, 0.2) is 0 Å². The number of pyridine rings is 1. The Morgan fingerprint density at radius 3 is 2.30 bits per heavy atom. The zero-order chi connectivity index (χ0) is 16.7. The van der Waals surface area contributed by atoms with Crippen LogP contribution in [0.1, 0.15) is 43.4 Å². The summed E-state index contributed by atoms with van der Waals surface area (Å²) in [4.78, 5) is 4.27. The summed E-state index contributed by atoms with van der Waals surface area (Å²) in [6.45, 7) is 8.04. The quantitative estimate of drug-likeness (QED) is 0.854. The number of aromatic nitrogens is 1. The Kier molecular flexibility index (Phi) is 4.34. The van der Waals surface area contributed by atoms with Crippen molar-refractivity contribution in [3.8, 4) is 0 Å². The van der Waals surface area contributed by atoms with Gasteiger partial charge in [0.25, 0.3) is 0 Å². The third-order valence-corrected chi connectivity index (χ3v) is 5.46. The third kappa shape index (κ3) is 2.73. The lowest BCUT2D eigenvalue weighted by Crippen LogP contribution is -2.63. The number of nitrogens with one attached hydrogen (secondary N) is 1. The second-order valence-electron chi connectivity index (χ2n) is 7.04. The van der Waals surface area contributed by atoms with E-state index in [9.17, 15) is 5.11 Å². The van der Waals surface area contributed by atoms with Crippen LogP contribution in [0.2, 0.25) is 0 Å². The first-order valence-electron chi connectivity index (χ1n) is 8.01. The predicted molar refractivity (Wildman–Crippen MR) is 96.4 cm³/mol. The fourth-order valence-corrected chi connectivity index (χ4v) is 3.70. The molecule has 0 bridgehead atoms. The molecule has 1 aromatic carbocycles. The summed E-state index contributed by atoms with van der Waals surface area (Å²) in [5.41, 5.74) is 1.71. The van der Waals surface area contributed by atoms with Crippen molar-refractivity contribution in [2.75, 3.05) is 13.1 Å². The molecular weight excluding hydrogens is 352 g/mol. The zero-order valence-electron chi connectivity index (χ0n) is 13.8. The summed E-state index contributed by atoms with van der Waals surface area (Å²) in [5.74, 6) is 0.477. The number of rotatable bonds is 4. The molecule has 2 aromatic rings. The van der Waals surface area contributed by atoms with E-state index in [1.54, 1.807) is 12.4 Å². The molecule has 2 N–H and O–H groups in total. The minimum absolute atomic E-state index is 0.255. The highest BCUT2D eigenvalue weighted by Crippen LogP contribution is 2.47. The number of aliphatic hydroxyl groups is 1. The molecule has 3 rings (SSSR count). The van der Waals surface area contributed by atoms with Gasteiger partial charge in [0.05, 0.1) is 0 Å². The molecule has 1 aliphatic rings. The van der Waals surface area contributed by atoms with Crippen LogP contribution in [0.15, 0.2) is 47.2 Å². The van der Waals surface area contributed by atoms with Gasteiger partial charge in [-0.25, -0.2) is 0 Å². The largest absolute Gasteiger partial charge is 0.380 e. The van der Waals surface area contributed by atoms with Crippen molar-refractivity contribution >= 4 is 15.9 Å². The Bertz CT molecular complexity index is 695. The number of hydrogen-bond donors (Lipinski definition) is 2. The van der Waals surface area contributed by atoms with E-state index in [1.807, 2.05) is 6.07 Å². The topological polar surface area (TPSA) is 45.2 Å². The first-order valence-corrected chi connectivity index (χ1v) is 8.81. The van der Waals surface area contributed by atoms with Gasteiger partial charge < -0.3 is 10.4 Å². The zero-order valence-corrected chi connectivity index (χ0v) is 15.4. The fraction of sp³-hybridized carbons (Fsp3) is 0.421. The highest BCUT2D eigenvalue weighted by Gasteiger charge is 2.53. The van der Waals surface area contributed by atoms with Crippen LogP contribution < -0.4 is 5.32 Å². The molecule has 4 heteroatoms. The maximum Gasteiger partial charge on any atom is 0.124 e. The average molecular weight is 375 g/mol. The Morgan fingerprint density at radius 2 is 1.83 bits per heavy atom. The van der Waals surface area contributed by atoms with Crippen molar-refractivity contribution in [2.24, 2.45) is 5.41 Å². The van der Waals surface area contributed by atoms with Gasteiger partial charge in [-0.1, -0.05) is 45.0 Å². The summed E-state index contributed by atoms with van der Waals surface area (Å²) in [6.07, 6.45) is 3.51. The summed E-state index contributed by atoms with van der Waals surface area (Å²) < 4.78 is 0.878. The summed E-state index contributed by atoms with van der Waals surface area (Å²) in [6, 6.07) is 10.3. The molecule has 3 nitrogen and oxygen atoms in total. The molecule has 1 saturated heterocycles. The van der Waals surface area contributed by atoms with Crippen LogP contribution in [0.25, 0.3) is 0 Å². The Labute approximate surface area is 146 Å². The second-order valence-corrected chi connectivity index (χ2v) is 7.96. The minimum atomic E-state index is -1.06. The van der Waals surface area contributed by atoms with Gasteiger partial charge >= 0.3 is 0 Å². The smallest absolute Gasteiger partial charge is 0.124 e. The summed E-state index contributed by atoms with van der Waals surface area (Å²) in [7, 11) is 0. The predicted octanol–water partition coefficient (Wildman–Crippen LogP) is 3.81. The number of nitrogens with zero attached hydrogens (tertiary/aromatic N) is 1. The van der Waals surface area contributed by atoms with Gasteiger partial charge in [0.1, 0.15) is 5.60 Å². The summed E-state index contributed by atoms with van der Waals surface area (Å²) >= 11 is 3.48. The standard InChI is InChI=1S/C19H23BrN2O/c1-13(2)14-4-6-15(7-5-14)19(23,18(3)11-22-12-18)16-8-17(20)10-21-9-16/h4-10,13,22-23H,11-12H2,1-3H3/t19-/m0/s1. The number of halogens is 1. The van der Waals surface area contributed by atoms with Crippen molar-refractivity contribution in [1.29, 1.82) is 0 Å². The van der Waals surface area contributed by atoms with Crippen molar-refractivity contribution < 1.29 is 5.11 Å². The van der Waals surface area contributed by atoms with E-state index >= 15 is 0 Å². The van der Waals surface area contributed by atoms with E-state index in [0.29, 0.717) is 5.92 Å². The Morgan fingerprint density at radius 1 is 1.17 bits per heavy atom. The molecule has 0 unspecified atom stereocenters. The van der Waals surface area contributed by atoms with E-state index in [0.717, 1.165) is 28.7 Å². The van der Waals surface area contributed by atoms with Crippen LogP contribution in [0.5, 0.6) is 0 Å². The normalized spacial score (nSPS) is 19.2. The first-order chi connectivity index (χ1) is 10.9. The molecule has 1 aromatic heterocycles. The van der Waals surface area contributed by atoms with Gasteiger partial charge in [-0.05, 0) is 39.0 Å². The first kappa shape index (κ1) is 16.6. The molecule has 0 amide bonds. The molecule has 1 aliphatic heterocycles. The van der Waals surface area contributed by atoms with E-state index < -0.39 is 5.60 Å². The molecule has 0 saturated carbocycles. The van der Waals surface area contributed by atoms with Crippen molar-refractivity contribution in [3.05, 3.63) is 63.9 Å². The molecule has 0 aliphatic carbocycles. The third-order valence-electron chi connectivity index (χ3n) is 5.02. The van der Waals surface area contributed by atoms with Gasteiger partial charge in [-0.3, -0.25) is 4.98 Å². The van der Waals surface area contributed by atoms with Crippen LogP contribution in [0, 0.1) is 5.41 Å². The fourth-order valence-electron chi connectivity index (χ4n) is 3.34. The molecule has 0 spiro atoms. The van der Waals surface area contributed by atoms with Crippen LogP contribution in [0.3, 0.4) is 0 Å². The average Bonchev–Trinajstić information content (AvgIpc) is 2.52. The highest BCUT2D eigenvalue weighted by atomic mass is 79.9. The van der Waals surface area contributed by atoms with Crippen LogP contribution in [-0.4, -0.2) is 23.2 Å². The molecular formula is C19H23BrN2O. The SMILES string of the molecule is CC(C)c1ccc([C@](O)(c2cncc(Br)c2)C2(C)CNC2)cc1. The molecule has 1 atom stereocenters. The van der Waals surface area contributed by atoms with Gasteiger partial charge in [-0.2, -0.15) is 0 Å². The molecule has 23 heavy (non-hydrogen) atoms. The van der Waals surface area contributed by atoms with Gasteiger partial charge in [0, 0.05) is 40.9 Å². The Hall–Kier alpha value is -1.23. The van der Waals surface area contributed by atoms with E-state index in [2.05, 4.69) is 71.3 Å². The number of hydrogen-bond acceptors (Lipinski definition) is 3. The number of benzene rings is 1. The highest BCUT2D eigenvalue weighted by molar-refractivity contribution is 9.10. The van der Waals surface area contributed by atoms with Crippen LogP contribution in [0.4, 0.5) is 0 Å². The van der Waals surface area contributed by atoms with Crippen LogP contribution >= 0.6 is 15.9 Å². The lowest BCUT2D eigenvalue weighted by Gasteiger charge is -2.52. The summed E-state index contributed by atoms with van der Waals surface area (Å²) in [5, 5.41) is 15.1. The maximum absolute atomic E-state index is 11.8. The van der Waals surface area contributed by atoms with Gasteiger partial charge in [0.2, 0.25) is 0 Å². The van der Waals surface area contributed by atoms with Crippen molar-refractivity contribution in [1.82, 2.24) is 10.3 Å². The minimum Gasteiger partial charge on any atom is -0.380 e. The second kappa shape index (κ2) is 6.00. The van der Waals surface area contributed by atoms with Gasteiger partial charge in [-0.15, -0.1) is 0 Å². The maximum atomic E-state index is 11.8. The van der Waals surface area contributed by atoms with Crippen molar-refractivity contribution in [3.63, 3.8) is 0 Å². The molecule has 2 heterocycles. The van der Waals surface area contributed by atoms with Crippen LogP contribution in [-0.2, 0) is 5.60 Å². The Balaban J connectivity index is 2.12. The molecule has 1 fully saturated rings. The monoisotopic (exact) mass is 374 g/mol. The lowest BCUT2D eigenvalue weighted by atomic mass is 9.63. The molecule has 0 radical (unpaired) electrons. The van der Waals surface area contributed by atoms with E-state index in [1.165, 1.54) is 5.56 Å².